The smallest absolute Gasteiger partial charge is 0.346 e. The van der Waals surface area contributed by atoms with Gasteiger partial charge in [-0.3, -0.25) is 4.79 Å². The van der Waals surface area contributed by atoms with E-state index in [1.165, 1.54) is 24.3 Å². The van der Waals surface area contributed by atoms with Crippen LogP contribution in [0.1, 0.15) is 26.3 Å². The molecule has 3 rings (SSSR count). The number of para-hydroxylation sites is 1. The molecule has 5 heteroatoms. The van der Waals surface area contributed by atoms with Gasteiger partial charge in [0, 0.05) is 16.1 Å². The fourth-order valence-electron chi connectivity index (χ4n) is 2.37. The second kappa shape index (κ2) is 8.43. The predicted octanol–water partition coefficient (Wildman–Crippen LogP) is 5.59. The van der Waals surface area contributed by atoms with Crippen LogP contribution in [0, 0.1) is 5.82 Å². The van der Waals surface area contributed by atoms with Crippen molar-refractivity contribution in [1.29, 1.82) is 0 Å². The van der Waals surface area contributed by atoms with Crippen molar-refractivity contribution in [3.05, 3.63) is 106 Å². The molecule has 0 saturated heterocycles. The van der Waals surface area contributed by atoms with Gasteiger partial charge in [0.25, 0.3) is 0 Å². The summed E-state index contributed by atoms with van der Waals surface area (Å²) in [5.41, 5.74) is 0.842. The third-order valence-corrected chi connectivity index (χ3v) is 4.01. The minimum absolute atomic E-state index is 0.159. The van der Waals surface area contributed by atoms with Crippen molar-refractivity contribution >= 4 is 29.4 Å². The molecule has 0 aliphatic heterocycles. The lowest BCUT2D eigenvalue weighted by molar-refractivity contribution is 0.0729. The molecule has 3 nitrogen and oxygen atoms in total. The number of halogens is 2. The Hall–Kier alpha value is -3.24. The molecule has 27 heavy (non-hydrogen) atoms. The number of hydrogen-bond donors (Lipinski definition) is 0. The van der Waals surface area contributed by atoms with E-state index in [1.807, 2.05) is 0 Å². The Morgan fingerprint density at radius 3 is 2.30 bits per heavy atom. The molecule has 0 atom stereocenters. The van der Waals surface area contributed by atoms with Crippen LogP contribution in [0.25, 0.3) is 6.08 Å². The van der Waals surface area contributed by atoms with Gasteiger partial charge in [0.05, 0.1) is 5.56 Å². The number of carbonyl (C=O) groups excluding carboxylic acids is 2. The van der Waals surface area contributed by atoms with Crippen molar-refractivity contribution in [3.63, 3.8) is 0 Å². The minimum atomic E-state index is -0.807. The van der Waals surface area contributed by atoms with Crippen molar-refractivity contribution in [2.75, 3.05) is 0 Å². The highest BCUT2D eigenvalue weighted by Gasteiger charge is 2.14. The molecule has 0 saturated carbocycles. The lowest BCUT2D eigenvalue weighted by Gasteiger charge is -2.08. The maximum absolute atomic E-state index is 13.7. The van der Waals surface area contributed by atoms with Crippen molar-refractivity contribution < 1.29 is 18.7 Å². The van der Waals surface area contributed by atoms with Crippen LogP contribution >= 0.6 is 11.6 Å². The van der Waals surface area contributed by atoms with Crippen molar-refractivity contribution in [2.45, 2.75) is 0 Å². The normalized spacial score (nSPS) is 10.7. The summed E-state index contributed by atoms with van der Waals surface area (Å²) in [6.45, 7) is 0. The average Bonchev–Trinajstić information content (AvgIpc) is 2.68. The molecule has 0 radical (unpaired) electrons. The molecule has 0 unspecified atom stereocenters. The second-order valence-electron chi connectivity index (χ2n) is 5.61. The van der Waals surface area contributed by atoms with Gasteiger partial charge in [-0.2, -0.15) is 0 Å². The molecule has 0 spiro atoms. The number of ether oxygens (including phenoxy) is 1. The number of carbonyl (C=O) groups is 2. The van der Waals surface area contributed by atoms with E-state index < -0.39 is 11.8 Å². The molecule has 0 amide bonds. The highest BCUT2D eigenvalue weighted by atomic mass is 35.5. The van der Waals surface area contributed by atoms with Crippen LogP contribution in [0.4, 0.5) is 4.39 Å². The summed E-state index contributed by atoms with van der Waals surface area (Å²) in [4.78, 5) is 24.5. The van der Waals surface area contributed by atoms with E-state index in [0.29, 0.717) is 16.1 Å². The van der Waals surface area contributed by atoms with E-state index in [2.05, 4.69) is 0 Å². The van der Waals surface area contributed by atoms with E-state index >= 15 is 0 Å². The summed E-state index contributed by atoms with van der Waals surface area (Å²) in [7, 11) is 0. The first-order valence-corrected chi connectivity index (χ1v) is 8.46. The van der Waals surface area contributed by atoms with Crippen LogP contribution in [0.5, 0.6) is 5.75 Å². The third kappa shape index (κ3) is 4.68. The number of hydrogen-bond acceptors (Lipinski definition) is 3. The monoisotopic (exact) mass is 380 g/mol. The van der Waals surface area contributed by atoms with E-state index in [1.54, 1.807) is 60.7 Å². The lowest BCUT2D eigenvalue weighted by atomic mass is 10.1. The summed E-state index contributed by atoms with van der Waals surface area (Å²) in [6, 6.07) is 18.8. The Labute approximate surface area is 160 Å². The largest absolute Gasteiger partial charge is 0.422 e. The van der Waals surface area contributed by atoms with Gasteiger partial charge in [-0.1, -0.05) is 41.9 Å². The highest BCUT2D eigenvalue weighted by Crippen LogP contribution is 2.22. The molecule has 3 aromatic carbocycles. The van der Waals surface area contributed by atoms with E-state index in [0.717, 1.165) is 0 Å². The zero-order chi connectivity index (χ0) is 19.2. The zero-order valence-corrected chi connectivity index (χ0v) is 14.8. The highest BCUT2D eigenvalue weighted by molar-refractivity contribution is 6.30. The standard InChI is InChI=1S/C22H14ClFO3/c23-17-12-9-15(10-13-17)20(25)14-11-16-5-1-4-8-21(16)27-22(26)18-6-2-3-7-19(18)24/h1-14H/b14-11+. The Morgan fingerprint density at radius 1 is 0.889 bits per heavy atom. The van der Waals surface area contributed by atoms with Crippen LogP contribution in [0.15, 0.2) is 78.9 Å². The topological polar surface area (TPSA) is 43.4 Å². The first-order valence-electron chi connectivity index (χ1n) is 8.08. The molecule has 3 aromatic rings. The van der Waals surface area contributed by atoms with E-state index in [-0.39, 0.29) is 17.1 Å². The van der Waals surface area contributed by atoms with Crippen LogP contribution in [0.3, 0.4) is 0 Å². The van der Waals surface area contributed by atoms with Crippen LogP contribution in [-0.4, -0.2) is 11.8 Å². The molecule has 0 aliphatic rings. The van der Waals surface area contributed by atoms with Gasteiger partial charge in [-0.15, -0.1) is 0 Å². The summed E-state index contributed by atoms with van der Waals surface area (Å²) in [5, 5.41) is 0.543. The second-order valence-corrected chi connectivity index (χ2v) is 6.05. The number of rotatable bonds is 5. The summed E-state index contributed by atoms with van der Waals surface area (Å²) < 4.78 is 19.1. The summed E-state index contributed by atoms with van der Waals surface area (Å²) in [5.74, 6) is -1.46. The fourth-order valence-corrected chi connectivity index (χ4v) is 2.49. The first kappa shape index (κ1) is 18.5. The molecular weight excluding hydrogens is 367 g/mol. The average molecular weight is 381 g/mol. The van der Waals surface area contributed by atoms with E-state index in [4.69, 9.17) is 16.3 Å². The Bertz CT molecular complexity index is 1010. The number of ketones is 1. The molecule has 0 bridgehead atoms. The predicted molar refractivity (Wildman–Crippen MR) is 103 cm³/mol. The van der Waals surface area contributed by atoms with Crippen LogP contribution in [-0.2, 0) is 0 Å². The molecule has 0 aromatic heterocycles. The summed E-state index contributed by atoms with van der Waals surface area (Å²) in [6.07, 6.45) is 2.92. The lowest BCUT2D eigenvalue weighted by Crippen LogP contribution is -2.11. The number of esters is 1. The van der Waals surface area contributed by atoms with Gasteiger partial charge < -0.3 is 4.74 Å². The molecule has 0 aliphatic carbocycles. The molecular formula is C22H14ClFO3. The Kier molecular flexibility index (Phi) is 5.79. The number of allylic oxidation sites excluding steroid dienone is 1. The maximum Gasteiger partial charge on any atom is 0.346 e. The first-order chi connectivity index (χ1) is 13.0. The third-order valence-electron chi connectivity index (χ3n) is 3.76. The van der Waals surface area contributed by atoms with Gasteiger partial charge in [-0.25, -0.2) is 9.18 Å². The quantitative estimate of drug-likeness (QED) is 0.250. The van der Waals surface area contributed by atoms with Crippen LogP contribution < -0.4 is 4.74 Å². The van der Waals surface area contributed by atoms with Crippen molar-refractivity contribution in [3.8, 4) is 5.75 Å². The zero-order valence-electron chi connectivity index (χ0n) is 14.1. The number of benzene rings is 3. The van der Waals surface area contributed by atoms with Crippen LogP contribution in [0.2, 0.25) is 5.02 Å². The van der Waals surface area contributed by atoms with Gasteiger partial charge in [-0.05, 0) is 54.6 Å². The Morgan fingerprint density at radius 2 is 1.56 bits per heavy atom. The molecule has 0 heterocycles. The Balaban J connectivity index is 1.80. The molecule has 0 fully saturated rings. The fraction of sp³-hybridized carbons (Fsp3) is 0. The van der Waals surface area contributed by atoms with Gasteiger partial charge in [0.1, 0.15) is 11.6 Å². The SMILES string of the molecule is O=C(/C=C/c1ccccc1OC(=O)c1ccccc1F)c1ccc(Cl)cc1. The summed E-state index contributed by atoms with van der Waals surface area (Å²) >= 11 is 5.82. The minimum Gasteiger partial charge on any atom is -0.422 e. The van der Waals surface area contributed by atoms with Gasteiger partial charge >= 0.3 is 5.97 Å². The molecule has 0 N–H and O–H groups in total. The van der Waals surface area contributed by atoms with Gasteiger partial charge in [0.15, 0.2) is 5.78 Å². The van der Waals surface area contributed by atoms with Gasteiger partial charge in [0.2, 0.25) is 0 Å². The maximum atomic E-state index is 13.7. The van der Waals surface area contributed by atoms with E-state index in [9.17, 15) is 14.0 Å². The van der Waals surface area contributed by atoms with Crippen molar-refractivity contribution in [1.82, 2.24) is 0 Å². The molecule has 134 valence electrons. The van der Waals surface area contributed by atoms with Crippen molar-refractivity contribution in [2.24, 2.45) is 0 Å².